The molecule has 1 N–H and O–H groups in total. The van der Waals surface area contributed by atoms with E-state index in [1.807, 2.05) is 30.3 Å². The SMILES string of the molecule is O=C(CN1CCCCCC1=O)NC(CN1CCOCC1)c1ccccc1. The fourth-order valence-corrected chi connectivity index (χ4v) is 3.58. The maximum atomic E-state index is 12.6. The molecular formula is C20H29N3O3. The quantitative estimate of drug-likeness (QED) is 0.838. The van der Waals surface area contributed by atoms with E-state index >= 15 is 0 Å². The summed E-state index contributed by atoms with van der Waals surface area (Å²) >= 11 is 0. The molecule has 2 fully saturated rings. The lowest BCUT2D eigenvalue weighted by Crippen LogP contribution is -2.46. The zero-order valence-electron chi connectivity index (χ0n) is 15.4. The van der Waals surface area contributed by atoms with Gasteiger partial charge >= 0.3 is 0 Å². The van der Waals surface area contributed by atoms with Gasteiger partial charge < -0.3 is 15.0 Å². The maximum Gasteiger partial charge on any atom is 0.240 e. The lowest BCUT2D eigenvalue weighted by Gasteiger charge is -2.31. The second kappa shape index (κ2) is 9.69. The average molecular weight is 359 g/mol. The molecule has 0 bridgehead atoms. The summed E-state index contributed by atoms with van der Waals surface area (Å²) in [5, 5.41) is 3.15. The number of ether oxygens (including phenoxy) is 1. The van der Waals surface area contributed by atoms with Crippen molar-refractivity contribution in [2.24, 2.45) is 0 Å². The first-order valence-corrected chi connectivity index (χ1v) is 9.64. The Morgan fingerprint density at radius 3 is 2.62 bits per heavy atom. The Morgan fingerprint density at radius 1 is 1.08 bits per heavy atom. The van der Waals surface area contributed by atoms with Crippen molar-refractivity contribution in [2.45, 2.75) is 31.7 Å². The lowest BCUT2D eigenvalue weighted by atomic mass is 10.1. The summed E-state index contributed by atoms with van der Waals surface area (Å²) in [4.78, 5) is 28.8. The van der Waals surface area contributed by atoms with Gasteiger partial charge in [-0.05, 0) is 18.4 Å². The summed E-state index contributed by atoms with van der Waals surface area (Å²) in [6.07, 6.45) is 3.53. The van der Waals surface area contributed by atoms with Crippen molar-refractivity contribution in [2.75, 3.05) is 45.9 Å². The summed E-state index contributed by atoms with van der Waals surface area (Å²) in [5.74, 6) is 0.0180. The number of likely N-dealkylation sites (tertiary alicyclic amines) is 1. The van der Waals surface area contributed by atoms with Gasteiger partial charge in [0.05, 0.1) is 25.8 Å². The molecule has 1 unspecified atom stereocenters. The molecule has 26 heavy (non-hydrogen) atoms. The van der Waals surface area contributed by atoms with Gasteiger partial charge in [0, 0.05) is 32.6 Å². The third kappa shape index (κ3) is 5.54. The first-order valence-electron chi connectivity index (χ1n) is 9.64. The van der Waals surface area contributed by atoms with Crippen molar-refractivity contribution in [1.82, 2.24) is 15.1 Å². The van der Waals surface area contributed by atoms with Gasteiger partial charge in [-0.1, -0.05) is 36.8 Å². The van der Waals surface area contributed by atoms with Crippen LogP contribution in [-0.2, 0) is 14.3 Å². The van der Waals surface area contributed by atoms with Crippen molar-refractivity contribution < 1.29 is 14.3 Å². The van der Waals surface area contributed by atoms with Gasteiger partial charge in [0.2, 0.25) is 11.8 Å². The van der Waals surface area contributed by atoms with Crippen LogP contribution in [0.5, 0.6) is 0 Å². The van der Waals surface area contributed by atoms with Gasteiger partial charge in [0.25, 0.3) is 0 Å². The number of morpholine rings is 1. The van der Waals surface area contributed by atoms with Crippen molar-refractivity contribution >= 4 is 11.8 Å². The van der Waals surface area contributed by atoms with E-state index in [0.29, 0.717) is 13.0 Å². The number of carbonyl (C=O) groups is 2. The van der Waals surface area contributed by atoms with E-state index in [2.05, 4.69) is 10.2 Å². The Kier molecular flexibility index (Phi) is 7.03. The Morgan fingerprint density at radius 2 is 1.85 bits per heavy atom. The number of hydrogen-bond acceptors (Lipinski definition) is 4. The predicted octanol–water partition coefficient (Wildman–Crippen LogP) is 1.58. The fourth-order valence-electron chi connectivity index (χ4n) is 3.58. The van der Waals surface area contributed by atoms with Gasteiger partial charge in [-0.25, -0.2) is 0 Å². The van der Waals surface area contributed by atoms with E-state index in [1.165, 1.54) is 0 Å². The first kappa shape index (κ1) is 18.9. The zero-order valence-corrected chi connectivity index (χ0v) is 15.4. The Bertz CT molecular complexity index is 587. The van der Waals surface area contributed by atoms with Crippen LogP contribution in [0, 0.1) is 0 Å². The van der Waals surface area contributed by atoms with Crippen molar-refractivity contribution in [1.29, 1.82) is 0 Å². The second-order valence-corrected chi connectivity index (χ2v) is 7.07. The lowest BCUT2D eigenvalue weighted by molar-refractivity contribution is -0.135. The van der Waals surface area contributed by atoms with Crippen molar-refractivity contribution in [3.63, 3.8) is 0 Å². The first-order chi connectivity index (χ1) is 12.7. The number of rotatable bonds is 6. The molecular weight excluding hydrogens is 330 g/mol. The molecule has 0 spiro atoms. The van der Waals surface area contributed by atoms with Crippen molar-refractivity contribution in [3.8, 4) is 0 Å². The number of hydrogen-bond donors (Lipinski definition) is 1. The van der Waals surface area contributed by atoms with E-state index < -0.39 is 0 Å². The highest BCUT2D eigenvalue weighted by molar-refractivity contribution is 5.85. The summed E-state index contributed by atoms with van der Waals surface area (Å²) in [5.41, 5.74) is 1.09. The zero-order chi connectivity index (χ0) is 18.2. The number of benzene rings is 1. The molecule has 2 saturated heterocycles. The molecule has 2 heterocycles. The Balaban J connectivity index is 1.62. The van der Waals surface area contributed by atoms with Gasteiger partial charge in [0.1, 0.15) is 0 Å². The van der Waals surface area contributed by atoms with Gasteiger partial charge in [0.15, 0.2) is 0 Å². The van der Waals surface area contributed by atoms with E-state index in [9.17, 15) is 9.59 Å². The topological polar surface area (TPSA) is 61.9 Å². The highest BCUT2D eigenvalue weighted by Crippen LogP contribution is 2.16. The Labute approximate surface area is 155 Å². The van der Waals surface area contributed by atoms with Crippen molar-refractivity contribution in [3.05, 3.63) is 35.9 Å². The normalized spacial score (nSPS) is 20.5. The second-order valence-electron chi connectivity index (χ2n) is 7.07. The molecule has 2 aliphatic heterocycles. The number of nitrogens with zero attached hydrogens (tertiary/aromatic N) is 2. The number of amides is 2. The largest absolute Gasteiger partial charge is 0.379 e. The van der Waals surface area contributed by atoms with Crippen LogP contribution in [-0.4, -0.2) is 67.6 Å². The molecule has 1 aromatic rings. The summed E-state index contributed by atoms with van der Waals surface area (Å²) in [7, 11) is 0. The molecule has 0 aromatic heterocycles. The molecule has 0 saturated carbocycles. The van der Waals surface area contributed by atoms with E-state index in [4.69, 9.17) is 4.74 Å². The van der Waals surface area contributed by atoms with Gasteiger partial charge in [-0.3, -0.25) is 14.5 Å². The minimum Gasteiger partial charge on any atom is -0.379 e. The molecule has 0 radical (unpaired) electrons. The molecule has 1 atom stereocenters. The fraction of sp³-hybridized carbons (Fsp3) is 0.600. The molecule has 3 rings (SSSR count). The highest BCUT2D eigenvalue weighted by Gasteiger charge is 2.23. The minimum absolute atomic E-state index is 0.0797. The van der Waals surface area contributed by atoms with Crippen LogP contribution < -0.4 is 5.32 Å². The maximum absolute atomic E-state index is 12.6. The van der Waals surface area contributed by atoms with Crippen LogP contribution in [0.3, 0.4) is 0 Å². The molecule has 2 aliphatic rings. The molecule has 1 aromatic carbocycles. The summed E-state index contributed by atoms with van der Waals surface area (Å²) in [6, 6.07) is 9.97. The molecule has 0 aliphatic carbocycles. The van der Waals surface area contributed by atoms with Crippen LogP contribution in [0.1, 0.15) is 37.3 Å². The third-order valence-corrected chi connectivity index (χ3v) is 5.09. The highest BCUT2D eigenvalue weighted by atomic mass is 16.5. The van der Waals surface area contributed by atoms with Crippen LogP contribution in [0.25, 0.3) is 0 Å². The third-order valence-electron chi connectivity index (χ3n) is 5.09. The predicted molar refractivity (Wildman–Crippen MR) is 99.6 cm³/mol. The Hall–Kier alpha value is -1.92. The van der Waals surface area contributed by atoms with Crippen LogP contribution in [0.2, 0.25) is 0 Å². The van der Waals surface area contributed by atoms with Gasteiger partial charge in [-0.2, -0.15) is 0 Å². The smallest absolute Gasteiger partial charge is 0.240 e. The minimum atomic E-state index is -0.0811. The number of carbonyl (C=O) groups excluding carboxylic acids is 2. The van der Waals surface area contributed by atoms with E-state index in [1.54, 1.807) is 4.90 Å². The van der Waals surface area contributed by atoms with E-state index in [-0.39, 0.29) is 24.4 Å². The summed E-state index contributed by atoms with van der Waals surface area (Å²) < 4.78 is 5.42. The standard InChI is InChI=1S/C20H29N3O3/c24-19(16-23-10-6-2-5-9-20(23)25)21-18(17-7-3-1-4-8-17)15-22-11-13-26-14-12-22/h1,3-4,7-8,18H,2,5-6,9-16H2,(H,21,24). The van der Waals surface area contributed by atoms with Crippen LogP contribution >= 0.6 is 0 Å². The molecule has 142 valence electrons. The molecule has 6 heteroatoms. The summed E-state index contributed by atoms with van der Waals surface area (Å²) in [6.45, 7) is 4.83. The molecule has 2 amide bonds. The van der Waals surface area contributed by atoms with Gasteiger partial charge in [-0.15, -0.1) is 0 Å². The van der Waals surface area contributed by atoms with Crippen LogP contribution in [0.15, 0.2) is 30.3 Å². The van der Waals surface area contributed by atoms with Crippen LogP contribution in [0.4, 0.5) is 0 Å². The number of nitrogens with one attached hydrogen (secondary N) is 1. The average Bonchev–Trinajstić information content (AvgIpc) is 2.87. The van der Waals surface area contributed by atoms with E-state index in [0.717, 1.165) is 57.7 Å². The molecule has 6 nitrogen and oxygen atoms in total. The monoisotopic (exact) mass is 359 g/mol.